The summed E-state index contributed by atoms with van der Waals surface area (Å²) in [5, 5.41) is 11.5. The summed E-state index contributed by atoms with van der Waals surface area (Å²) in [5.41, 5.74) is -0.335. The van der Waals surface area contributed by atoms with E-state index in [0.717, 1.165) is 12.5 Å². The number of aliphatic hydroxyl groups excluding tert-OH is 1. The lowest BCUT2D eigenvalue weighted by Crippen LogP contribution is -2.18. The number of unbranched alkanes of at least 4 members (excludes halogenated alkanes) is 1. The van der Waals surface area contributed by atoms with Crippen LogP contribution in [0.2, 0.25) is 0 Å². The molecule has 0 heterocycles. The highest BCUT2D eigenvalue weighted by Gasteiger charge is 2.32. The molecule has 0 spiro atoms. The number of aliphatic hydroxyl groups is 1. The van der Waals surface area contributed by atoms with Gasteiger partial charge in [-0.05, 0) is 31.0 Å². The van der Waals surface area contributed by atoms with Gasteiger partial charge in [-0.3, -0.25) is 0 Å². The molecule has 0 aliphatic rings. The summed E-state index contributed by atoms with van der Waals surface area (Å²) in [6.07, 6.45) is -2.89. The van der Waals surface area contributed by atoms with Gasteiger partial charge in [0.05, 0.1) is 5.56 Å². The molecule has 0 radical (unpaired) electrons. The highest BCUT2D eigenvalue weighted by Crippen LogP contribution is 2.31. The maximum Gasteiger partial charge on any atom is 0.416 e. The Hall–Kier alpha value is -1.07. The summed E-state index contributed by atoms with van der Waals surface area (Å²) in [4.78, 5) is 0. The lowest BCUT2D eigenvalue weighted by molar-refractivity contribution is -0.138. The Morgan fingerprint density at radius 3 is 2.47 bits per heavy atom. The van der Waals surface area contributed by atoms with Crippen LogP contribution < -0.4 is 5.32 Å². The van der Waals surface area contributed by atoms with Crippen molar-refractivity contribution in [2.45, 2.75) is 25.6 Å². The molecule has 96 valence electrons. The van der Waals surface area contributed by atoms with Crippen LogP contribution >= 0.6 is 0 Å². The molecule has 0 atom stereocenters. The molecule has 1 rings (SSSR count). The zero-order valence-corrected chi connectivity index (χ0v) is 9.43. The van der Waals surface area contributed by atoms with Gasteiger partial charge in [0.15, 0.2) is 0 Å². The predicted octanol–water partition coefficient (Wildman–Crippen LogP) is 2.57. The van der Waals surface area contributed by atoms with E-state index in [4.69, 9.17) is 5.11 Å². The fourth-order valence-corrected chi connectivity index (χ4v) is 1.54. The topological polar surface area (TPSA) is 32.3 Å². The summed E-state index contributed by atoms with van der Waals surface area (Å²) in [7, 11) is 0. The van der Waals surface area contributed by atoms with E-state index in [9.17, 15) is 13.2 Å². The molecule has 0 aromatic heterocycles. The van der Waals surface area contributed by atoms with Crippen LogP contribution in [0.15, 0.2) is 24.3 Å². The number of rotatable bonds is 6. The zero-order chi connectivity index (χ0) is 12.7. The van der Waals surface area contributed by atoms with Crippen LogP contribution in [0.4, 0.5) is 13.2 Å². The summed E-state index contributed by atoms with van der Waals surface area (Å²) < 4.78 is 37.9. The quantitative estimate of drug-likeness (QED) is 0.757. The Morgan fingerprint density at radius 1 is 1.12 bits per heavy atom. The molecule has 0 aliphatic heterocycles. The van der Waals surface area contributed by atoms with Gasteiger partial charge >= 0.3 is 6.18 Å². The molecule has 0 bridgehead atoms. The molecule has 0 saturated carbocycles. The molecule has 2 N–H and O–H groups in total. The van der Waals surface area contributed by atoms with Gasteiger partial charge in [-0.2, -0.15) is 13.2 Å². The van der Waals surface area contributed by atoms with Crippen molar-refractivity contribution in [1.29, 1.82) is 0 Å². The van der Waals surface area contributed by atoms with Crippen molar-refractivity contribution in [1.82, 2.24) is 5.32 Å². The Bertz CT molecular complexity index is 339. The molecule has 0 unspecified atom stereocenters. The van der Waals surface area contributed by atoms with Gasteiger partial charge in [0, 0.05) is 13.2 Å². The van der Waals surface area contributed by atoms with Crippen LogP contribution in [0.5, 0.6) is 0 Å². The maximum atomic E-state index is 12.6. The van der Waals surface area contributed by atoms with Gasteiger partial charge < -0.3 is 10.4 Å². The third-order valence-corrected chi connectivity index (χ3v) is 2.40. The van der Waals surface area contributed by atoms with Crippen LogP contribution in [0, 0.1) is 0 Å². The first-order valence-electron chi connectivity index (χ1n) is 5.52. The van der Waals surface area contributed by atoms with Crippen LogP contribution in [0.1, 0.15) is 24.0 Å². The number of halogens is 3. The van der Waals surface area contributed by atoms with E-state index in [2.05, 4.69) is 5.32 Å². The average molecular weight is 247 g/mol. The van der Waals surface area contributed by atoms with E-state index < -0.39 is 11.7 Å². The van der Waals surface area contributed by atoms with Crippen LogP contribution in [-0.4, -0.2) is 18.3 Å². The molecule has 1 aromatic rings. The van der Waals surface area contributed by atoms with Crippen molar-refractivity contribution in [2.24, 2.45) is 0 Å². The smallest absolute Gasteiger partial charge is 0.396 e. The molecule has 1 aromatic carbocycles. The van der Waals surface area contributed by atoms with Crippen LogP contribution in [0.3, 0.4) is 0 Å². The second-order valence-corrected chi connectivity index (χ2v) is 3.76. The molecule has 17 heavy (non-hydrogen) atoms. The predicted molar refractivity (Wildman–Crippen MR) is 59.5 cm³/mol. The van der Waals surface area contributed by atoms with E-state index in [0.29, 0.717) is 13.0 Å². The highest BCUT2D eigenvalue weighted by molar-refractivity contribution is 5.29. The van der Waals surface area contributed by atoms with E-state index in [-0.39, 0.29) is 18.7 Å². The Morgan fingerprint density at radius 2 is 1.82 bits per heavy atom. The Kier molecular flexibility index (Phi) is 5.44. The first kappa shape index (κ1) is 14.0. The number of benzene rings is 1. The van der Waals surface area contributed by atoms with E-state index in [1.807, 2.05) is 0 Å². The molecular formula is C12H16F3NO. The molecule has 0 aliphatic carbocycles. The monoisotopic (exact) mass is 247 g/mol. The number of hydrogen-bond acceptors (Lipinski definition) is 2. The Labute approximate surface area is 98.5 Å². The lowest BCUT2D eigenvalue weighted by Gasteiger charge is -2.13. The normalized spacial score (nSPS) is 11.8. The zero-order valence-electron chi connectivity index (χ0n) is 9.43. The van der Waals surface area contributed by atoms with Crippen molar-refractivity contribution >= 4 is 0 Å². The van der Waals surface area contributed by atoms with Gasteiger partial charge in [0.1, 0.15) is 0 Å². The van der Waals surface area contributed by atoms with E-state index >= 15 is 0 Å². The van der Waals surface area contributed by atoms with Gasteiger partial charge in [0.2, 0.25) is 0 Å². The largest absolute Gasteiger partial charge is 0.416 e. The second kappa shape index (κ2) is 6.61. The molecule has 0 fully saturated rings. The molecular weight excluding hydrogens is 231 g/mol. The van der Waals surface area contributed by atoms with Crippen molar-refractivity contribution in [2.75, 3.05) is 13.2 Å². The number of hydrogen-bond donors (Lipinski definition) is 2. The minimum absolute atomic E-state index is 0.112. The first-order chi connectivity index (χ1) is 8.05. The third-order valence-electron chi connectivity index (χ3n) is 2.40. The van der Waals surface area contributed by atoms with Crippen molar-refractivity contribution < 1.29 is 18.3 Å². The van der Waals surface area contributed by atoms with Crippen molar-refractivity contribution in [3.8, 4) is 0 Å². The minimum Gasteiger partial charge on any atom is -0.396 e. The fourth-order valence-electron chi connectivity index (χ4n) is 1.54. The van der Waals surface area contributed by atoms with Gasteiger partial charge in [-0.25, -0.2) is 0 Å². The second-order valence-electron chi connectivity index (χ2n) is 3.76. The van der Waals surface area contributed by atoms with Crippen molar-refractivity contribution in [3.63, 3.8) is 0 Å². The summed E-state index contributed by atoms with van der Waals surface area (Å²) >= 11 is 0. The summed E-state index contributed by atoms with van der Waals surface area (Å²) in [6.45, 7) is 0.911. The van der Waals surface area contributed by atoms with Gasteiger partial charge in [-0.15, -0.1) is 0 Å². The molecule has 5 heteroatoms. The van der Waals surface area contributed by atoms with E-state index in [1.165, 1.54) is 12.1 Å². The molecule has 2 nitrogen and oxygen atoms in total. The summed E-state index contributed by atoms with van der Waals surface area (Å²) in [6, 6.07) is 5.55. The highest BCUT2D eigenvalue weighted by atomic mass is 19.4. The molecule has 0 amide bonds. The van der Waals surface area contributed by atoms with E-state index in [1.54, 1.807) is 6.07 Å². The number of alkyl halides is 3. The van der Waals surface area contributed by atoms with Gasteiger partial charge in [0.25, 0.3) is 0 Å². The third kappa shape index (κ3) is 4.75. The standard InChI is InChI=1S/C12H16F3NO/c13-12(14,15)11-6-2-1-5-10(11)9-16-7-3-4-8-17/h1-2,5-6,16-17H,3-4,7-9H2. The average Bonchev–Trinajstić information content (AvgIpc) is 2.28. The first-order valence-corrected chi connectivity index (χ1v) is 5.52. The SMILES string of the molecule is OCCCCNCc1ccccc1C(F)(F)F. The lowest BCUT2D eigenvalue weighted by atomic mass is 10.1. The summed E-state index contributed by atoms with van der Waals surface area (Å²) in [5.74, 6) is 0. The Balaban J connectivity index is 2.53. The minimum atomic E-state index is -4.30. The fraction of sp³-hybridized carbons (Fsp3) is 0.500. The maximum absolute atomic E-state index is 12.6. The van der Waals surface area contributed by atoms with Crippen LogP contribution in [-0.2, 0) is 12.7 Å². The molecule has 0 saturated heterocycles. The number of nitrogens with one attached hydrogen (secondary N) is 1. The van der Waals surface area contributed by atoms with Crippen LogP contribution in [0.25, 0.3) is 0 Å². The van der Waals surface area contributed by atoms with Gasteiger partial charge in [-0.1, -0.05) is 18.2 Å². The van der Waals surface area contributed by atoms with Crippen molar-refractivity contribution in [3.05, 3.63) is 35.4 Å².